The fourth-order valence-electron chi connectivity index (χ4n) is 2.87. The molecule has 0 aromatic carbocycles. The van der Waals surface area contributed by atoms with Gasteiger partial charge in [-0.05, 0) is 38.0 Å². The maximum atomic E-state index is 12.1. The average Bonchev–Trinajstić information content (AvgIpc) is 3.16. The van der Waals surface area contributed by atoms with E-state index >= 15 is 0 Å². The Morgan fingerprint density at radius 2 is 1.95 bits per heavy atom. The second-order valence-corrected chi connectivity index (χ2v) is 8.34. The third-order valence-corrected chi connectivity index (χ3v) is 6.06. The third-order valence-electron chi connectivity index (χ3n) is 4.42. The summed E-state index contributed by atoms with van der Waals surface area (Å²) in [6.07, 6.45) is 4.53. The number of hydrogen-bond donors (Lipinski definition) is 2. The number of hydrogen-bond acceptors (Lipinski definition) is 4. The normalized spacial score (nSPS) is 25.5. The number of carboxylic acids is 1. The zero-order valence-electron chi connectivity index (χ0n) is 13.4. The van der Waals surface area contributed by atoms with Gasteiger partial charge in [0.25, 0.3) is 10.2 Å². The number of aliphatic carboxylic acids is 1. The molecule has 2 aliphatic carbocycles. The van der Waals surface area contributed by atoms with Gasteiger partial charge in [-0.15, -0.1) is 0 Å². The van der Waals surface area contributed by atoms with Crippen LogP contribution in [0.4, 0.5) is 0 Å². The molecule has 0 aliphatic heterocycles. The van der Waals surface area contributed by atoms with Crippen LogP contribution in [0.3, 0.4) is 0 Å². The molecule has 0 amide bonds. The molecule has 2 rings (SSSR count). The summed E-state index contributed by atoms with van der Waals surface area (Å²) < 4.78 is 28.2. The molecule has 2 aliphatic rings. The summed E-state index contributed by atoms with van der Waals surface area (Å²) in [5.41, 5.74) is 0. The average molecular weight is 333 g/mol. The molecule has 0 atom stereocenters. The molecule has 2 saturated carbocycles. The van der Waals surface area contributed by atoms with Crippen LogP contribution in [-0.4, -0.2) is 67.5 Å². The third kappa shape index (κ3) is 4.91. The second kappa shape index (κ2) is 7.25. The molecule has 22 heavy (non-hydrogen) atoms. The smallest absolute Gasteiger partial charge is 0.317 e. The molecule has 128 valence electrons. The summed E-state index contributed by atoms with van der Waals surface area (Å²) in [7, 11) is -1.84. The highest BCUT2D eigenvalue weighted by Gasteiger charge is 2.39. The van der Waals surface area contributed by atoms with Crippen LogP contribution < -0.4 is 4.72 Å². The summed E-state index contributed by atoms with van der Waals surface area (Å²) >= 11 is 0. The van der Waals surface area contributed by atoms with Crippen LogP contribution in [0, 0.1) is 5.92 Å². The molecule has 7 nitrogen and oxygen atoms in total. The maximum Gasteiger partial charge on any atom is 0.317 e. The lowest BCUT2D eigenvalue weighted by Crippen LogP contribution is -2.56. The molecule has 0 saturated heterocycles. The van der Waals surface area contributed by atoms with Crippen molar-refractivity contribution in [3.8, 4) is 0 Å². The van der Waals surface area contributed by atoms with Crippen molar-refractivity contribution in [3.63, 3.8) is 0 Å². The molecule has 8 heteroatoms. The molecule has 0 radical (unpaired) electrons. The van der Waals surface area contributed by atoms with Crippen molar-refractivity contribution >= 4 is 16.2 Å². The number of rotatable bonds is 10. The Bertz CT molecular complexity index is 486. The first-order valence-corrected chi connectivity index (χ1v) is 9.45. The van der Waals surface area contributed by atoms with E-state index in [1.807, 2.05) is 11.8 Å². The van der Waals surface area contributed by atoms with E-state index in [2.05, 4.69) is 4.72 Å². The monoisotopic (exact) mass is 333 g/mol. The highest BCUT2D eigenvalue weighted by Crippen LogP contribution is 2.34. The Balaban J connectivity index is 1.80. The minimum absolute atomic E-state index is 0.0520. The van der Waals surface area contributed by atoms with Crippen molar-refractivity contribution in [2.75, 3.05) is 26.7 Å². The Morgan fingerprint density at radius 3 is 2.45 bits per heavy atom. The topological polar surface area (TPSA) is 90.0 Å². The predicted molar refractivity (Wildman–Crippen MR) is 83.7 cm³/mol. The van der Waals surface area contributed by atoms with Gasteiger partial charge in [-0.25, -0.2) is 0 Å². The van der Waals surface area contributed by atoms with Crippen molar-refractivity contribution in [2.45, 2.75) is 51.1 Å². The molecule has 0 spiro atoms. The van der Waals surface area contributed by atoms with Crippen LogP contribution in [0.5, 0.6) is 0 Å². The summed E-state index contributed by atoms with van der Waals surface area (Å²) in [6, 6.07) is 0.102. The first kappa shape index (κ1) is 17.7. The largest absolute Gasteiger partial charge is 0.480 e. The van der Waals surface area contributed by atoms with Crippen LogP contribution in [0.25, 0.3) is 0 Å². The lowest BCUT2D eigenvalue weighted by molar-refractivity contribution is -0.139. The summed E-state index contributed by atoms with van der Waals surface area (Å²) in [5, 5.41) is 9.01. The highest BCUT2D eigenvalue weighted by atomic mass is 32.2. The number of nitrogens with zero attached hydrogens (tertiary/aromatic N) is 2. The van der Waals surface area contributed by atoms with Gasteiger partial charge < -0.3 is 5.11 Å². The maximum absolute atomic E-state index is 12.1. The van der Waals surface area contributed by atoms with Crippen LogP contribution >= 0.6 is 0 Å². The molecule has 0 bridgehead atoms. The number of carbonyl (C=O) groups is 1. The first-order valence-electron chi connectivity index (χ1n) is 8.01. The molecule has 2 fully saturated rings. The van der Waals surface area contributed by atoms with Gasteiger partial charge in [0.15, 0.2) is 0 Å². The lowest BCUT2D eigenvalue weighted by Gasteiger charge is -2.42. The summed E-state index contributed by atoms with van der Waals surface area (Å²) in [6.45, 7) is 3.31. The SMILES string of the molecule is CCCN(C)S(=O)(=O)NC1CC(N(CC(=O)O)CC2CC2)C1. The van der Waals surface area contributed by atoms with Gasteiger partial charge in [0.2, 0.25) is 0 Å². The van der Waals surface area contributed by atoms with E-state index in [-0.39, 0.29) is 18.6 Å². The molecule has 0 unspecified atom stereocenters. The van der Waals surface area contributed by atoms with E-state index in [1.165, 1.54) is 17.1 Å². The van der Waals surface area contributed by atoms with Crippen LogP contribution in [-0.2, 0) is 15.0 Å². The van der Waals surface area contributed by atoms with Crippen LogP contribution in [0.2, 0.25) is 0 Å². The molecule has 0 heterocycles. The van der Waals surface area contributed by atoms with E-state index in [1.54, 1.807) is 7.05 Å². The van der Waals surface area contributed by atoms with E-state index in [4.69, 9.17) is 5.11 Å². The lowest BCUT2D eigenvalue weighted by atomic mass is 9.86. The second-order valence-electron chi connectivity index (χ2n) is 6.53. The zero-order chi connectivity index (χ0) is 16.3. The molecule has 0 aromatic rings. The van der Waals surface area contributed by atoms with Crippen molar-refractivity contribution in [3.05, 3.63) is 0 Å². The Hall–Kier alpha value is -0.700. The number of carboxylic acid groups (broad SMARTS) is 1. The van der Waals surface area contributed by atoms with Crippen LogP contribution in [0.1, 0.15) is 39.0 Å². The Morgan fingerprint density at radius 1 is 1.32 bits per heavy atom. The standard InChI is InChI=1S/C14H27N3O4S/c1-3-6-16(2)22(20,21)15-12-7-13(8-12)17(10-14(18)19)9-11-4-5-11/h11-13,15H,3-10H2,1-2H3,(H,18,19). The minimum atomic E-state index is -3.42. The van der Waals surface area contributed by atoms with Gasteiger partial charge in [-0.3, -0.25) is 9.69 Å². The van der Waals surface area contributed by atoms with E-state index < -0.39 is 16.2 Å². The van der Waals surface area contributed by atoms with E-state index in [0.29, 0.717) is 25.3 Å². The van der Waals surface area contributed by atoms with E-state index in [9.17, 15) is 13.2 Å². The molecular formula is C14H27N3O4S. The van der Waals surface area contributed by atoms with Gasteiger partial charge >= 0.3 is 5.97 Å². The van der Waals surface area contributed by atoms with Crippen molar-refractivity contribution in [2.24, 2.45) is 5.92 Å². The van der Waals surface area contributed by atoms with Crippen LogP contribution in [0.15, 0.2) is 0 Å². The summed E-state index contributed by atoms with van der Waals surface area (Å²) in [4.78, 5) is 13.0. The molecule has 0 aromatic heterocycles. The van der Waals surface area contributed by atoms with Gasteiger partial charge in [0.05, 0.1) is 6.54 Å². The van der Waals surface area contributed by atoms with Gasteiger partial charge in [-0.2, -0.15) is 17.4 Å². The van der Waals surface area contributed by atoms with Gasteiger partial charge in [0.1, 0.15) is 0 Å². The summed E-state index contributed by atoms with van der Waals surface area (Å²) in [5.74, 6) is -0.182. The Labute approximate surface area is 132 Å². The predicted octanol–water partition coefficient (Wildman–Crippen LogP) is 0.490. The molecule has 2 N–H and O–H groups in total. The van der Waals surface area contributed by atoms with Gasteiger partial charge in [-0.1, -0.05) is 6.92 Å². The van der Waals surface area contributed by atoms with Crippen molar-refractivity contribution in [1.29, 1.82) is 0 Å². The highest BCUT2D eigenvalue weighted by molar-refractivity contribution is 7.87. The zero-order valence-corrected chi connectivity index (χ0v) is 14.2. The fraction of sp³-hybridized carbons (Fsp3) is 0.929. The Kier molecular flexibility index (Phi) is 5.81. The van der Waals surface area contributed by atoms with E-state index in [0.717, 1.165) is 13.0 Å². The number of nitrogens with one attached hydrogen (secondary N) is 1. The molecular weight excluding hydrogens is 306 g/mol. The minimum Gasteiger partial charge on any atom is -0.480 e. The van der Waals surface area contributed by atoms with Crippen molar-refractivity contribution < 1.29 is 18.3 Å². The fourth-order valence-corrected chi connectivity index (χ4v) is 4.08. The quantitative estimate of drug-likeness (QED) is 0.607. The van der Waals surface area contributed by atoms with Gasteiger partial charge in [0, 0.05) is 32.2 Å². The first-order chi connectivity index (χ1) is 10.3. The van der Waals surface area contributed by atoms with Crippen molar-refractivity contribution in [1.82, 2.24) is 13.9 Å².